The molecule has 1 aromatic heterocycles. The Kier molecular flexibility index (Phi) is 4.70. The summed E-state index contributed by atoms with van der Waals surface area (Å²) < 4.78 is 15.4. The molecule has 0 saturated carbocycles. The third-order valence-electron chi connectivity index (χ3n) is 3.23. The summed E-state index contributed by atoms with van der Waals surface area (Å²) in [5, 5.41) is 6.92. The largest absolute Gasteiger partial charge is 0.347 e. The summed E-state index contributed by atoms with van der Waals surface area (Å²) >= 11 is 0. The molecule has 0 radical (unpaired) electrons. The van der Waals surface area contributed by atoms with Crippen LogP contribution in [0.2, 0.25) is 0 Å². The van der Waals surface area contributed by atoms with Gasteiger partial charge in [-0.2, -0.15) is 5.10 Å². The molecule has 0 saturated heterocycles. The Morgan fingerprint density at radius 1 is 1.43 bits per heavy atom. The second kappa shape index (κ2) is 6.49. The number of nitrogens with zero attached hydrogens (tertiary/aromatic N) is 2. The van der Waals surface area contributed by atoms with E-state index in [9.17, 15) is 9.18 Å². The fourth-order valence-corrected chi connectivity index (χ4v) is 2.10. The average Bonchev–Trinajstić information content (AvgIpc) is 2.86. The molecule has 112 valence electrons. The monoisotopic (exact) mass is 290 g/mol. The highest BCUT2D eigenvalue weighted by atomic mass is 19.1. The number of hydrogen-bond acceptors (Lipinski definition) is 3. The van der Waals surface area contributed by atoms with Crippen LogP contribution in [-0.2, 0) is 19.6 Å². The predicted octanol–water partition coefficient (Wildman–Crippen LogP) is 1.74. The maximum absolute atomic E-state index is 13.8. The molecule has 0 bridgehead atoms. The topological polar surface area (TPSA) is 72.9 Å². The van der Waals surface area contributed by atoms with Crippen LogP contribution < -0.4 is 11.1 Å². The van der Waals surface area contributed by atoms with Gasteiger partial charge in [-0.1, -0.05) is 12.1 Å². The van der Waals surface area contributed by atoms with Crippen LogP contribution in [0.3, 0.4) is 0 Å². The number of nitrogens with one attached hydrogen (secondary N) is 1. The SMILES string of the molecule is CCn1nc(C)cc1C(=O)NCc1ccc(CN)cc1F. The number of amides is 1. The zero-order valence-electron chi connectivity index (χ0n) is 12.2. The quantitative estimate of drug-likeness (QED) is 0.881. The van der Waals surface area contributed by atoms with Crippen molar-refractivity contribution >= 4 is 5.91 Å². The predicted molar refractivity (Wildman–Crippen MR) is 78.1 cm³/mol. The molecule has 1 amide bonds. The zero-order valence-corrected chi connectivity index (χ0v) is 12.2. The lowest BCUT2D eigenvalue weighted by molar-refractivity contribution is 0.0940. The molecule has 5 nitrogen and oxygen atoms in total. The molecule has 0 fully saturated rings. The van der Waals surface area contributed by atoms with Crippen LogP contribution in [0.25, 0.3) is 0 Å². The molecule has 0 aliphatic carbocycles. The molecule has 0 atom stereocenters. The Hall–Kier alpha value is -2.21. The third kappa shape index (κ3) is 3.46. The number of aromatic nitrogens is 2. The summed E-state index contributed by atoms with van der Waals surface area (Å²) in [6.07, 6.45) is 0. The zero-order chi connectivity index (χ0) is 15.4. The smallest absolute Gasteiger partial charge is 0.269 e. The van der Waals surface area contributed by atoms with Gasteiger partial charge in [0.05, 0.1) is 5.69 Å². The van der Waals surface area contributed by atoms with E-state index >= 15 is 0 Å². The molecule has 1 aromatic carbocycles. The van der Waals surface area contributed by atoms with Gasteiger partial charge in [0, 0.05) is 25.2 Å². The van der Waals surface area contributed by atoms with Crippen LogP contribution >= 0.6 is 0 Å². The number of benzene rings is 1. The number of carbonyl (C=O) groups is 1. The Bertz CT molecular complexity index is 651. The Labute approximate surface area is 123 Å². The van der Waals surface area contributed by atoms with E-state index in [2.05, 4.69) is 10.4 Å². The summed E-state index contributed by atoms with van der Waals surface area (Å²) in [6.45, 7) is 4.76. The first-order valence-electron chi connectivity index (χ1n) is 6.85. The van der Waals surface area contributed by atoms with E-state index in [-0.39, 0.29) is 18.3 Å². The molecule has 0 aliphatic heterocycles. The van der Waals surface area contributed by atoms with E-state index < -0.39 is 0 Å². The van der Waals surface area contributed by atoms with E-state index in [1.807, 2.05) is 13.8 Å². The van der Waals surface area contributed by atoms with E-state index in [4.69, 9.17) is 5.73 Å². The molecular weight excluding hydrogens is 271 g/mol. The highest BCUT2D eigenvalue weighted by Gasteiger charge is 2.13. The van der Waals surface area contributed by atoms with E-state index in [0.29, 0.717) is 24.3 Å². The molecule has 0 aliphatic rings. The number of carbonyl (C=O) groups excluding carboxylic acids is 1. The van der Waals surface area contributed by atoms with Gasteiger partial charge in [-0.25, -0.2) is 4.39 Å². The molecule has 0 unspecified atom stereocenters. The average molecular weight is 290 g/mol. The molecule has 21 heavy (non-hydrogen) atoms. The van der Waals surface area contributed by atoms with Crippen molar-refractivity contribution < 1.29 is 9.18 Å². The Morgan fingerprint density at radius 2 is 2.19 bits per heavy atom. The van der Waals surface area contributed by atoms with Crippen molar-refractivity contribution in [1.82, 2.24) is 15.1 Å². The fraction of sp³-hybridized carbons (Fsp3) is 0.333. The summed E-state index contributed by atoms with van der Waals surface area (Å²) in [7, 11) is 0. The Balaban J connectivity index is 2.07. The normalized spacial score (nSPS) is 10.7. The molecular formula is C15H19FN4O. The number of hydrogen-bond donors (Lipinski definition) is 2. The van der Waals surface area contributed by atoms with Crippen molar-refractivity contribution in [2.24, 2.45) is 5.73 Å². The molecule has 2 aromatic rings. The van der Waals surface area contributed by atoms with Gasteiger partial charge in [-0.15, -0.1) is 0 Å². The molecule has 6 heteroatoms. The molecule has 0 spiro atoms. The van der Waals surface area contributed by atoms with Crippen molar-refractivity contribution in [3.63, 3.8) is 0 Å². The minimum atomic E-state index is -0.363. The number of rotatable bonds is 5. The molecule has 1 heterocycles. The van der Waals surface area contributed by atoms with Crippen LogP contribution in [0.4, 0.5) is 4.39 Å². The highest BCUT2D eigenvalue weighted by Crippen LogP contribution is 2.11. The van der Waals surface area contributed by atoms with E-state index in [1.54, 1.807) is 22.9 Å². The van der Waals surface area contributed by atoms with Crippen molar-refractivity contribution in [3.05, 3.63) is 52.6 Å². The van der Waals surface area contributed by atoms with Crippen LogP contribution in [-0.4, -0.2) is 15.7 Å². The van der Waals surface area contributed by atoms with Crippen molar-refractivity contribution in [2.45, 2.75) is 33.5 Å². The fourth-order valence-electron chi connectivity index (χ4n) is 2.10. The maximum Gasteiger partial charge on any atom is 0.269 e. The first kappa shape index (κ1) is 15.2. The summed E-state index contributed by atoms with van der Waals surface area (Å²) in [4.78, 5) is 12.1. The lowest BCUT2D eigenvalue weighted by atomic mass is 10.1. The lowest BCUT2D eigenvalue weighted by Crippen LogP contribution is -2.26. The van der Waals surface area contributed by atoms with E-state index in [1.165, 1.54) is 6.07 Å². The minimum absolute atomic E-state index is 0.128. The van der Waals surface area contributed by atoms with Crippen LogP contribution in [0, 0.1) is 12.7 Å². The standard InChI is InChI=1S/C15H19FN4O/c1-3-20-14(6-10(2)19-20)15(21)18-9-12-5-4-11(8-17)7-13(12)16/h4-7H,3,8-9,17H2,1-2H3,(H,18,21). The number of halogens is 1. The van der Waals surface area contributed by atoms with Crippen molar-refractivity contribution in [1.29, 1.82) is 0 Å². The molecule has 3 N–H and O–H groups in total. The van der Waals surface area contributed by atoms with Gasteiger partial charge in [0.15, 0.2) is 0 Å². The number of aryl methyl sites for hydroxylation is 2. The molecule has 2 rings (SSSR count). The summed E-state index contributed by atoms with van der Waals surface area (Å²) in [6, 6.07) is 6.50. The Morgan fingerprint density at radius 3 is 2.81 bits per heavy atom. The first-order valence-corrected chi connectivity index (χ1v) is 6.85. The van der Waals surface area contributed by atoms with E-state index in [0.717, 1.165) is 11.3 Å². The minimum Gasteiger partial charge on any atom is -0.347 e. The van der Waals surface area contributed by atoms with Gasteiger partial charge in [0.2, 0.25) is 0 Å². The van der Waals surface area contributed by atoms with Gasteiger partial charge in [0.25, 0.3) is 5.91 Å². The van der Waals surface area contributed by atoms with Gasteiger partial charge in [0.1, 0.15) is 11.5 Å². The second-order valence-corrected chi connectivity index (χ2v) is 4.80. The van der Waals surface area contributed by atoms with Gasteiger partial charge in [-0.05, 0) is 31.5 Å². The lowest BCUT2D eigenvalue weighted by Gasteiger charge is -2.08. The van der Waals surface area contributed by atoms with Gasteiger partial charge in [-0.3, -0.25) is 9.48 Å². The summed E-state index contributed by atoms with van der Waals surface area (Å²) in [5.41, 5.74) is 7.87. The van der Waals surface area contributed by atoms with Gasteiger partial charge >= 0.3 is 0 Å². The number of nitrogens with two attached hydrogens (primary N) is 1. The maximum atomic E-state index is 13.8. The van der Waals surface area contributed by atoms with Crippen LogP contribution in [0.5, 0.6) is 0 Å². The van der Waals surface area contributed by atoms with Crippen LogP contribution in [0.1, 0.15) is 34.2 Å². The van der Waals surface area contributed by atoms with Crippen LogP contribution in [0.15, 0.2) is 24.3 Å². The first-order chi connectivity index (χ1) is 10.0. The third-order valence-corrected chi connectivity index (χ3v) is 3.23. The summed E-state index contributed by atoms with van der Waals surface area (Å²) in [5.74, 6) is -0.627. The van der Waals surface area contributed by atoms with Crippen molar-refractivity contribution in [3.8, 4) is 0 Å². The van der Waals surface area contributed by atoms with Gasteiger partial charge < -0.3 is 11.1 Å². The van der Waals surface area contributed by atoms with Crippen molar-refractivity contribution in [2.75, 3.05) is 0 Å². The highest BCUT2D eigenvalue weighted by molar-refractivity contribution is 5.92. The second-order valence-electron chi connectivity index (χ2n) is 4.80.